The van der Waals surface area contributed by atoms with Crippen LogP contribution in [0.4, 0.5) is 0 Å². The summed E-state index contributed by atoms with van der Waals surface area (Å²) in [6.45, 7) is 4.42. The number of methoxy groups -OCH3 is 1. The van der Waals surface area contributed by atoms with E-state index in [2.05, 4.69) is 24.0 Å². The lowest BCUT2D eigenvalue weighted by Crippen LogP contribution is -2.40. The van der Waals surface area contributed by atoms with E-state index in [4.69, 9.17) is 16.3 Å². The van der Waals surface area contributed by atoms with Crippen LogP contribution in [0.25, 0.3) is 0 Å². The van der Waals surface area contributed by atoms with Crippen molar-refractivity contribution in [3.05, 3.63) is 29.8 Å². The lowest BCUT2D eigenvalue weighted by Gasteiger charge is -2.36. The summed E-state index contributed by atoms with van der Waals surface area (Å²) in [6, 6.07) is 8.83. The highest BCUT2D eigenvalue weighted by molar-refractivity contribution is 6.21. The normalized spacial score (nSPS) is 22.2. The summed E-state index contributed by atoms with van der Waals surface area (Å²) in [5.74, 6) is 0.886. The maximum Gasteiger partial charge on any atom is 0.118 e. The van der Waals surface area contributed by atoms with Gasteiger partial charge in [0.2, 0.25) is 0 Å². The van der Waals surface area contributed by atoms with Gasteiger partial charge >= 0.3 is 0 Å². The highest BCUT2D eigenvalue weighted by Gasteiger charge is 2.23. The number of hydrogen-bond acceptors (Lipinski definition) is 2. The molecule has 1 aliphatic rings. The Hall–Kier alpha value is -0.730. The number of piperidine rings is 1. The molecule has 0 spiro atoms. The monoisotopic (exact) mass is 281 g/mol. The molecule has 0 saturated carbocycles. The SMILES string of the molecule is CCC1CCCCN1CC(Cl)c1ccc(OC)cc1. The Bertz CT molecular complexity index is 379. The molecule has 0 aromatic heterocycles. The van der Waals surface area contributed by atoms with E-state index in [1.165, 1.54) is 37.8 Å². The van der Waals surface area contributed by atoms with Gasteiger partial charge in [0.25, 0.3) is 0 Å². The number of hydrogen-bond donors (Lipinski definition) is 0. The molecule has 1 aliphatic heterocycles. The van der Waals surface area contributed by atoms with Crippen LogP contribution in [0.3, 0.4) is 0 Å². The molecular weight excluding hydrogens is 258 g/mol. The minimum Gasteiger partial charge on any atom is -0.497 e. The molecule has 1 aromatic carbocycles. The van der Waals surface area contributed by atoms with Crippen LogP contribution >= 0.6 is 11.6 Å². The highest BCUT2D eigenvalue weighted by Crippen LogP contribution is 2.27. The molecule has 2 atom stereocenters. The quantitative estimate of drug-likeness (QED) is 0.749. The van der Waals surface area contributed by atoms with Crippen molar-refractivity contribution in [2.45, 2.75) is 44.0 Å². The van der Waals surface area contributed by atoms with Crippen molar-refractivity contribution < 1.29 is 4.74 Å². The molecule has 0 radical (unpaired) electrons. The fourth-order valence-corrected chi connectivity index (χ4v) is 3.21. The largest absolute Gasteiger partial charge is 0.497 e. The smallest absolute Gasteiger partial charge is 0.118 e. The van der Waals surface area contributed by atoms with Crippen LogP contribution in [0.1, 0.15) is 43.5 Å². The van der Waals surface area contributed by atoms with Gasteiger partial charge in [-0.2, -0.15) is 0 Å². The average molecular weight is 282 g/mol. The first-order valence-electron chi connectivity index (χ1n) is 7.26. The van der Waals surface area contributed by atoms with Crippen LogP contribution < -0.4 is 4.74 Å². The zero-order valence-corrected chi connectivity index (χ0v) is 12.7. The van der Waals surface area contributed by atoms with Crippen molar-refractivity contribution in [2.24, 2.45) is 0 Å². The van der Waals surface area contributed by atoms with Crippen LogP contribution in [-0.2, 0) is 0 Å². The van der Waals surface area contributed by atoms with Crippen LogP contribution in [0.2, 0.25) is 0 Å². The lowest BCUT2D eigenvalue weighted by molar-refractivity contribution is 0.144. The Balaban J connectivity index is 1.96. The Kier molecular flexibility index (Phi) is 5.53. The Morgan fingerprint density at radius 3 is 2.68 bits per heavy atom. The number of ether oxygens (including phenoxy) is 1. The van der Waals surface area contributed by atoms with E-state index in [1.807, 2.05) is 12.1 Å². The molecule has 0 amide bonds. The molecule has 2 rings (SSSR count). The first kappa shape index (κ1) is 14.7. The van der Waals surface area contributed by atoms with Gasteiger partial charge in [-0.15, -0.1) is 11.6 Å². The standard InChI is InChI=1S/C16H24ClNO/c1-3-14-6-4-5-11-18(14)12-16(17)13-7-9-15(19-2)10-8-13/h7-10,14,16H,3-6,11-12H2,1-2H3. The van der Waals surface area contributed by atoms with Gasteiger partial charge in [-0.3, -0.25) is 4.90 Å². The second-order valence-corrected chi connectivity index (χ2v) is 5.82. The zero-order valence-electron chi connectivity index (χ0n) is 11.9. The average Bonchev–Trinajstić information content (AvgIpc) is 2.48. The zero-order chi connectivity index (χ0) is 13.7. The van der Waals surface area contributed by atoms with Gasteiger partial charge in [0.05, 0.1) is 12.5 Å². The van der Waals surface area contributed by atoms with Gasteiger partial charge in [-0.1, -0.05) is 25.5 Å². The summed E-state index contributed by atoms with van der Waals surface area (Å²) in [4.78, 5) is 2.56. The van der Waals surface area contributed by atoms with Crippen LogP contribution in [0.5, 0.6) is 5.75 Å². The van der Waals surface area contributed by atoms with Crippen molar-refractivity contribution >= 4 is 11.6 Å². The lowest BCUT2D eigenvalue weighted by atomic mass is 9.99. The summed E-state index contributed by atoms with van der Waals surface area (Å²) < 4.78 is 5.18. The first-order chi connectivity index (χ1) is 9.24. The third-order valence-electron chi connectivity index (χ3n) is 4.09. The number of alkyl halides is 1. The molecule has 1 aromatic rings. The molecule has 106 valence electrons. The summed E-state index contributed by atoms with van der Waals surface area (Å²) >= 11 is 6.57. The molecule has 1 saturated heterocycles. The summed E-state index contributed by atoms with van der Waals surface area (Å²) in [7, 11) is 1.69. The molecular formula is C16H24ClNO. The molecule has 0 N–H and O–H groups in total. The van der Waals surface area contributed by atoms with Gasteiger partial charge in [0.15, 0.2) is 0 Å². The van der Waals surface area contributed by atoms with E-state index in [9.17, 15) is 0 Å². The van der Waals surface area contributed by atoms with Crippen LogP contribution in [0, 0.1) is 0 Å². The second kappa shape index (κ2) is 7.16. The maximum atomic E-state index is 6.57. The third-order valence-corrected chi connectivity index (χ3v) is 4.48. The predicted molar refractivity (Wildman–Crippen MR) is 81.1 cm³/mol. The molecule has 0 aliphatic carbocycles. The molecule has 1 heterocycles. The number of likely N-dealkylation sites (tertiary alicyclic amines) is 1. The van der Waals surface area contributed by atoms with Crippen LogP contribution in [0.15, 0.2) is 24.3 Å². The van der Waals surface area contributed by atoms with Crippen molar-refractivity contribution in [2.75, 3.05) is 20.2 Å². The first-order valence-corrected chi connectivity index (χ1v) is 7.70. The van der Waals surface area contributed by atoms with E-state index >= 15 is 0 Å². The number of halogens is 1. The van der Waals surface area contributed by atoms with Crippen molar-refractivity contribution in [1.82, 2.24) is 4.90 Å². The number of benzene rings is 1. The highest BCUT2D eigenvalue weighted by atomic mass is 35.5. The van der Waals surface area contributed by atoms with Crippen molar-refractivity contribution in [1.29, 1.82) is 0 Å². The summed E-state index contributed by atoms with van der Waals surface area (Å²) in [5.41, 5.74) is 1.18. The summed E-state index contributed by atoms with van der Waals surface area (Å²) in [5, 5.41) is 0.0676. The summed E-state index contributed by atoms with van der Waals surface area (Å²) in [6.07, 6.45) is 5.22. The predicted octanol–water partition coefficient (Wildman–Crippen LogP) is 4.24. The molecule has 2 nitrogen and oxygen atoms in total. The van der Waals surface area contributed by atoms with Crippen molar-refractivity contribution in [3.63, 3.8) is 0 Å². The molecule has 2 unspecified atom stereocenters. The van der Waals surface area contributed by atoms with E-state index in [1.54, 1.807) is 7.11 Å². The third kappa shape index (κ3) is 3.87. The van der Waals surface area contributed by atoms with E-state index < -0.39 is 0 Å². The minimum absolute atomic E-state index is 0.0676. The Morgan fingerprint density at radius 2 is 2.05 bits per heavy atom. The molecule has 3 heteroatoms. The fourth-order valence-electron chi connectivity index (χ4n) is 2.89. The Morgan fingerprint density at radius 1 is 1.32 bits per heavy atom. The Labute approximate surface area is 121 Å². The van der Waals surface area contributed by atoms with Gasteiger partial charge < -0.3 is 4.74 Å². The number of nitrogens with zero attached hydrogens (tertiary/aromatic N) is 1. The number of rotatable bonds is 5. The van der Waals surface area contributed by atoms with Gasteiger partial charge in [-0.05, 0) is 43.5 Å². The van der Waals surface area contributed by atoms with Crippen LogP contribution in [-0.4, -0.2) is 31.1 Å². The van der Waals surface area contributed by atoms with Gasteiger partial charge in [0, 0.05) is 12.6 Å². The molecule has 0 bridgehead atoms. The van der Waals surface area contributed by atoms with Gasteiger partial charge in [-0.25, -0.2) is 0 Å². The van der Waals surface area contributed by atoms with E-state index in [0.29, 0.717) is 6.04 Å². The molecule has 19 heavy (non-hydrogen) atoms. The van der Waals surface area contributed by atoms with E-state index in [-0.39, 0.29) is 5.38 Å². The topological polar surface area (TPSA) is 12.5 Å². The van der Waals surface area contributed by atoms with Crippen molar-refractivity contribution in [3.8, 4) is 5.75 Å². The minimum atomic E-state index is 0.0676. The maximum absolute atomic E-state index is 6.57. The van der Waals surface area contributed by atoms with Gasteiger partial charge in [0.1, 0.15) is 5.75 Å². The second-order valence-electron chi connectivity index (χ2n) is 5.29. The fraction of sp³-hybridized carbons (Fsp3) is 0.625. The molecule has 1 fully saturated rings. The van der Waals surface area contributed by atoms with E-state index in [0.717, 1.165) is 12.3 Å².